The molecule has 0 saturated carbocycles. The summed E-state index contributed by atoms with van der Waals surface area (Å²) in [5.41, 5.74) is 0.342. The highest BCUT2D eigenvalue weighted by atomic mass is 32.1. The maximum atomic E-state index is 12.7. The van der Waals surface area contributed by atoms with Crippen molar-refractivity contribution in [3.63, 3.8) is 0 Å². The predicted molar refractivity (Wildman–Crippen MR) is 110 cm³/mol. The van der Waals surface area contributed by atoms with E-state index in [4.69, 9.17) is 17.0 Å². The second kappa shape index (κ2) is 9.77. The van der Waals surface area contributed by atoms with Gasteiger partial charge in [0.1, 0.15) is 6.54 Å². The van der Waals surface area contributed by atoms with Crippen LogP contribution in [0.25, 0.3) is 10.9 Å². The van der Waals surface area contributed by atoms with Gasteiger partial charge in [0, 0.05) is 19.6 Å². The average molecular weight is 420 g/mol. The van der Waals surface area contributed by atoms with Gasteiger partial charge in [0.25, 0.3) is 5.56 Å². The van der Waals surface area contributed by atoms with E-state index in [-0.39, 0.29) is 22.8 Å². The molecular weight excluding hydrogens is 396 g/mol. The van der Waals surface area contributed by atoms with Crippen molar-refractivity contribution < 1.29 is 19.1 Å². The van der Waals surface area contributed by atoms with E-state index in [0.717, 1.165) is 39.3 Å². The highest BCUT2D eigenvalue weighted by molar-refractivity contribution is 7.71. The Balaban J connectivity index is 1.63. The molecule has 2 aromatic rings. The van der Waals surface area contributed by atoms with Crippen LogP contribution in [0.1, 0.15) is 16.8 Å². The molecule has 3 rings (SSSR count). The Labute approximate surface area is 172 Å². The lowest BCUT2D eigenvalue weighted by Gasteiger charge is -2.26. The van der Waals surface area contributed by atoms with Crippen LogP contribution in [0.5, 0.6) is 0 Å². The maximum absolute atomic E-state index is 12.7. The molecule has 29 heavy (non-hydrogen) atoms. The number of fused-ring (bicyclic) bond motifs is 1. The van der Waals surface area contributed by atoms with E-state index in [1.807, 2.05) is 0 Å². The van der Waals surface area contributed by atoms with Crippen LogP contribution >= 0.6 is 12.2 Å². The number of H-pyrrole nitrogens is 1. The van der Waals surface area contributed by atoms with Gasteiger partial charge in [0.2, 0.25) is 5.91 Å². The molecule has 0 aliphatic carbocycles. The SMILES string of the molecule is COC(=O)c1ccc2c(=O)n(CC(=O)NCCCN3CCOCC3)c(=S)[nH]c2c1. The summed E-state index contributed by atoms with van der Waals surface area (Å²) in [6, 6.07) is 4.53. The molecule has 0 radical (unpaired) electrons. The van der Waals surface area contributed by atoms with Crippen molar-refractivity contribution >= 4 is 35.0 Å². The number of benzene rings is 1. The quantitative estimate of drug-likeness (QED) is 0.386. The lowest BCUT2D eigenvalue weighted by Crippen LogP contribution is -2.39. The summed E-state index contributed by atoms with van der Waals surface area (Å²) < 4.78 is 11.3. The number of nitrogens with zero attached hydrogens (tertiary/aromatic N) is 2. The van der Waals surface area contributed by atoms with E-state index >= 15 is 0 Å². The number of aromatic amines is 1. The molecule has 1 aromatic heterocycles. The molecule has 2 heterocycles. The van der Waals surface area contributed by atoms with Crippen LogP contribution in [0.2, 0.25) is 0 Å². The Morgan fingerprint density at radius 1 is 1.31 bits per heavy atom. The van der Waals surface area contributed by atoms with Gasteiger partial charge >= 0.3 is 5.97 Å². The van der Waals surface area contributed by atoms with Crippen LogP contribution in [0.15, 0.2) is 23.0 Å². The van der Waals surface area contributed by atoms with Crippen molar-refractivity contribution in [3.05, 3.63) is 38.9 Å². The summed E-state index contributed by atoms with van der Waals surface area (Å²) >= 11 is 5.24. The van der Waals surface area contributed by atoms with Crippen molar-refractivity contribution in [3.8, 4) is 0 Å². The van der Waals surface area contributed by atoms with Gasteiger partial charge in [-0.1, -0.05) is 0 Å². The van der Waals surface area contributed by atoms with Crippen molar-refractivity contribution in [2.45, 2.75) is 13.0 Å². The molecule has 0 atom stereocenters. The zero-order valence-corrected chi connectivity index (χ0v) is 17.0. The van der Waals surface area contributed by atoms with Crippen molar-refractivity contribution in [1.29, 1.82) is 0 Å². The maximum Gasteiger partial charge on any atom is 0.337 e. The number of hydrogen-bond donors (Lipinski definition) is 2. The van der Waals surface area contributed by atoms with Crippen LogP contribution < -0.4 is 10.9 Å². The Bertz CT molecular complexity index is 1010. The van der Waals surface area contributed by atoms with Crippen LogP contribution in [-0.2, 0) is 20.8 Å². The lowest BCUT2D eigenvalue weighted by molar-refractivity contribution is -0.121. The molecule has 1 saturated heterocycles. The van der Waals surface area contributed by atoms with E-state index in [1.165, 1.54) is 29.9 Å². The van der Waals surface area contributed by atoms with E-state index in [0.29, 0.717) is 23.0 Å². The topological polar surface area (TPSA) is 106 Å². The molecule has 9 nitrogen and oxygen atoms in total. The number of carbonyl (C=O) groups excluding carboxylic acids is 2. The number of carbonyl (C=O) groups is 2. The molecule has 10 heteroatoms. The molecule has 156 valence electrons. The van der Waals surface area contributed by atoms with Crippen LogP contribution in [-0.4, -0.2) is 72.8 Å². The van der Waals surface area contributed by atoms with Crippen LogP contribution in [0, 0.1) is 4.77 Å². The van der Waals surface area contributed by atoms with Crippen LogP contribution in [0.3, 0.4) is 0 Å². The number of methoxy groups -OCH3 is 1. The molecule has 0 unspecified atom stereocenters. The number of nitrogens with one attached hydrogen (secondary N) is 2. The zero-order valence-electron chi connectivity index (χ0n) is 16.2. The third kappa shape index (κ3) is 5.28. The number of esters is 1. The number of rotatable bonds is 7. The third-order valence-electron chi connectivity index (χ3n) is 4.78. The monoisotopic (exact) mass is 420 g/mol. The van der Waals surface area contributed by atoms with Gasteiger partial charge in [-0.15, -0.1) is 0 Å². The van der Waals surface area contributed by atoms with Gasteiger partial charge in [0.15, 0.2) is 4.77 Å². The summed E-state index contributed by atoms with van der Waals surface area (Å²) in [5, 5.41) is 3.17. The number of amides is 1. The smallest absolute Gasteiger partial charge is 0.337 e. The molecule has 1 fully saturated rings. The standard InChI is InChI=1S/C19H24N4O5S/c1-27-18(26)13-3-4-14-15(11-13)21-19(29)23(17(14)25)12-16(24)20-5-2-6-22-7-9-28-10-8-22/h3-4,11H,2,5-10,12H2,1H3,(H,20,24)(H,21,29). The van der Waals surface area contributed by atoms with Gasteiger partial charge < -0.3 is 19.8 Å². The molecule has 2 N–H and O–H groups in total. The normalized spacial score (nSPS) is 14.7. The largest absolute Gasteiger partial charge is 0.465 e. The van der Waals surface area contributed by atoms with E-state index < -0.39 is 5.97 Å². The number of hydrogen-bond acceptors (Lipinski definition) is 7. The van der Waals surface area contributed by atoms with E-state index in [1.54, 1.807) is 0 Å². The number of ether oxygens (including phenoxy) is 2. The average Bonchev–Trinajstić information content (AvgIpc) is 2.74. The van der Waals surface area contributed by atoms with Gasteiger partial charge in [-0.05, 0) is 43.4 Å². The van der Waals surface area contributed by atoms with Crippen molar-refractivity contribution in [2.24, 2.45) is 0 Å². The molecule has 1 aliphatic heterocycles. The van der Waals surface area contributed by atoms with Gasteiger partial charge in [-0.3, -0.25) is 19.1 Å². The van der Waals surface area contributed by atoms with E-state index in [2.05, 4.69) is 19.9 Å². The third-order valence-corrected chi connectivity index (χ3v) is 5.10. The molecule has 1 amide bonds. The second-order valence-corrected chi connectivity index (χ2v) is 7.12. The molecule has 0 spiro atoms. The highest BCUT2D eigenvalue weighted by Gasteiger charge is 2.13. The Hall–Kier alpha value is -2.56. The van der Waals surface area contributed by atoms with Gasteiger partial charge in [-0.2, -0.15) is 0 Å². The number of aromatic nitrogens is 2. The predicted octanol–water partition coefficient (Wildman–Crippen LogP) is 0.684. The first-order valence-corrected chi connectivity index (χ1v) is 9.82. The van der Waals surface area contributed by atoms with Crippen molar-refractivity contribution in [1.82, 2.24) is 19.8 Å². The molecule has 1 aliphatic rings. The number of morpholine rings is 1. The minimum Gasteiger partial charge on any atom is -0.465 e. The molecule has 1 aromatic carbocycles. The minimum absolute atomic E-state index is 0.119. The summed E-state index contributed by atoms with van der Waals surface area (Å²) in [6.07, 6.45) is 0.821. The van der Waals surface area contributed by atoms with Gasteiger partial charge in [0.05, 0.1) is 36.8 Å². The van der Waals surface area contributed by atoms with E-state index in [9.17, 15) is 14.4 Å². The fraction of sp³-hybridized carbons (Fsp3) is 0.474. The first kappa shape index (κ1) is 21.2. The first-order chi connectivity index (χ1) is 14.0. The highest BCUT2D eigenvalue weighted by Crippen LogP contribution is 2.11. The summed E-state index contributed by atoms with van der Waals surface area (Å²) in [7, 11) is 1.28. The zero-order chi connectivity index (χ0) is 20.8. The summed E-state index contributed by atoms with van der Waals surface area (Å²) in [4.78, 5) is 41.9. The summed E-state index contributed by atoms with van der Waals surface area (Å²) in [6.45, 7) is 4.56. The summed E-state index contributed by atoms with van der Waals surface area (Å²) in [5.74, 6) is -0.786. The first-order valence-electron chi connectivity index (χ1n) is 9.41. The fourth-order valence-corrected chi connectivity index (χ4v) is 3.46. The van der Waals surface area contributed by atoms with Crippen molar-refractivity contribution in [2.75, 3.05) is 46.5 Å². The lowest BCUT2D eigenvalue weighted by atomic mass is 10.1. The molecule has 0 bridgehead atoms. The fourth-order valence-electron chi connectivity index (χ4n) is 3.20. The Kier molecular flexibility index (Phi) is 7.13. The Morgan fingerprint density at radius 2 is 2.07 bits per heavy atom. The van der Waals surface area contributed by atoms with Gasteiger partial charge in [-0.25, -0.2) is 4.79 Å². The van der Waals surface area contributed by atoms with Crippen LogP contribution in [0.4, 0.5) is 0 Å². The molecular formula is C19H24N4O5S. The minimum atomic E-state index is -0.508. The second-order valence-electron chi connectivity index (χ2n) is 6.73. The Morgan fingerprint density at radius 3 is 2.79 bits per heavy atom.